The summed E-state index contributed by atoms with van der Waals surface area (Å²) in [7, 11) is 0. The van der Waals surface area contributed by atoms with Gasteiger partial charge in [-0.05, 0) is 81.9 Å². The number of aryl methyl sites for hydroxylation is 2. The van der Waals surface area contributed by atoms with Gasteiger partial charge in [-0.25, -0.2) is 0 Å². The number of hydrogen-bond acceptors (Lipinski definition) is 4. The summed E-state index contributed by atoms with van der Waals surface area (Å²) in [6.07, 6.45) is 7.78. The lowest BCUT2D eigenvalue weighted by molar-refractivity contribution is -0.158. The lowest BCUT2D eigenvalue weighted by Crippen LogP contribution is -2.45. The van der Waals surface area contributed by atoms with Gasteiger partial charge >= 0.3 is 5.97 Å². The molecule has 2 fully saturated rings. The molecular formula is C27H35N3O3. The maximum absolute atomic E-state index is 13.6. The Morgan fingerprint density at radius 1 is 1.15 bits per heavy atom. The van der Waals surface area contributed by atoms with E-state index in [1.54, 1.807) is 6.92 Å². The van der Waals surface area contributed by atoms with Crippen LogP contribution >= 0.6 is 0 Å². The van der Waals surface area contributed by atoms with Crippen molar-refractivity contribution in [2.75, 3.05) is 13.2 Å². The lowest BCUT2D eigenvalue weighted by atomic mass is 9.89. The first kappa shape index (κ1) is 23.4. The normalized spacial score (nSPS) is 19.7. The molecule has 1 aliphatic carbocycles. The largest absolute Gasteiger partial charge is 0.465 e. The minimum atomic E-state index is -0.639. The van der Waals surface area contributed by atoms with E-state index in [4.69, 9.17) is 4.74 Å². The van der Waals surface area contributed by atoms with Crippen molar-refractivity contribution in [2.24, 2.45) is 11.8 Å². The molecule has 4 rings (SSSR count). The highest BCUT2D eigenvalue weighted by Crippen LogP contribution is 2.35. The first-order valence-corrected chi connectivity index (χ1v) is 12.6. The Bertz CT molecular complexity index is 1040. The number of hydrogen-bond donors (Lipinski definition) is 0. The fourth-order valence-corrected chi connectivity index (χ4v) is 5.90. The fourth-order valence-electron chi connectivity index (χ4n) is 5.90. The van der Waals surface area contributed by atoms with E-state index in [0.717, 1.165) is 75.4 Å². The zero-order valence-corrected chi connectivity index (χ0v) is 19.9. The maximum atomic E-state index is 13.6. The molecular weight excluding hydrogens is 414 g/mol. The molecule has 6 heteroatoms. The zero-order valence-electron chi connectivity index (χ0n) is 19.9. The van der Waals surface area contributed by atoms with Crippen LogP contribution in [0.5, 0.6) is 0 Å². The van der Waals surface area contributed by atoms with Gasteiger partial charge in [-0.1, -0.05) is 18.9 Å². The molecule has 1 saturated heterocycles. The second-order valence-electron chi connectivity index (χ2n) is 9.41. The molecule has 1 aromatic carbocycles. The van der Waals surface area contributed by atoms with E-state index in [9.17, 15) is 14.9 Å². The van der Waals surface area contributed by atoms with Gasteiger partial charge < -0.3 is 14.2 Å². The Morgan fingerprint density at radius 3 is 2.64 bits per heavy atom. The first-order chi connectivity index (χ1) is 16.1. The molecule has 0 spiro atoms. The third-order valence-corrected chi connectivity index (χ3v) is 7.51. The van der Waals surface area contributed by atoms with Crippen molar-refractivity contribution in [1.82, 2.24) is 9.47 Å². The SMILES string of the molecule is CCOC(=O)C(C(=O)N1CCC[C@H]1CCc1cc2ccc(C#N)cc2n1CC)C1CCCC1. The molecule has 1 unspecified atom stereocenters. The Balaban J connectivity index is 1.50. The van der Waals surface area contributed by atoms with Crippen molar-refractivity contribution in [3.63, 3.8) is 0 Å². The van der Waals surface area contributed by atoms with Crippen LogP contribution in [0.25, 0.3) is 10.9 Å². The summed E-state index contributed by atoms with van der Waals surface area (Å²) in [4.78, 5) is 28.3. The zero-order chi connectivity index (χ0) is 23.4. The number of nitriles is 1. The van der Waals surface area contributed by atoms with Crippen LogP contribution in [0.4, 0.5) is 0 Å². The van der Waals surface area contributed by atoms with Gasteiger partial charge in [0, 0.05) is 30.3 Å². The summed E-state index contributed by atoms with van der Waals surface area (Å²) in [5.74, 6) is -0.869. The van der Waals surface area contributed by atoms with Crippen LogP contribution in [-0.4, -0.2) is 40.5 Å². The summed E-state index contributed by atoms with van der Waals surface area (Å²) < 4.78 is 7.61. The number of rotatable bonds is 8. The highest BCUT2D eigenvalue weighted by Gasteiger charge is 2.42. The van der Waals surface area contributed by atoms with Crippen LogP contribution in [0.15, 0.2) is 24.3 Å². The Kier molecular flexibility index (Phi) is 7.37. The van der Waals surface area contributed by atoms with Crippen LogP contribution in [0.3, 0.4) is 0 Å². The summed E-state index contributed by atoms with van der Waals surface area (Å²) in [6.45, 7) is 5.81. The lowest BCUT2D eigenvalue weighted by Gasteiger charge is -2.30. The van der Waals surface area contributed by atoms with E-state index in [1.807, 2.05) is 23.1 Å². The van der Waals surface area contributed by atoms with Crippen LogP contribution in [0, 0.1) is 23.2 Å². The van der Waals surface area contributed by atoms with E-state index in [2.05, 4.69) is 23.6 Å². The van der Waals surface area contributed by atoms with Gasteiger partial charge in [-0.15, -0.1) is 0 Å². The molecule has 0 N–H and O–H groups in total. The van der Waals surface area contributed by atoms with Crippen molar-refractivity contribution in [3.05, 3.63) is 35.5 Å². The Morgan fingerprint density at radius 2 is 1.94 bits per heavy atom. The number of likely N-dealkylation sites (tertiary alicyclic amines) is 1. The van der Waals surface area contributed by atoms with Crippen molar-refractivity contribution < 1.29 is 14.3 Å². The summed E-state index contributed by atoms with van der Waals surface area (Å²) in [5, 5.41) is 10.4. The quantitative estimate of drug-likeness (QED) is 0.427. The number of benzene rings is 1. The van der Waals surface area contributed by atoms with Gasteiger partial charge in [0.25, 0.3) is 0 Å². The van der Waals surface area contributed by atoms with Crippen molar-refractivity contribution in [2.45, 2.75) is 77.8 Å². The van der Waals surface area contributed by atoms with E-state index >= 15 is 0 Å². The number of ether oxygens (including phenoxy) is 1. The first-order valence-electron chi connectivity index (χ1n) is 12.6. The standard InChI is InChI=1S/C27H35N3O3/c1-3-29-23(17-21-12-11-19(18-28)16-24(21)29)14-13-22-10-7-15-30(22)26(31)25(27(32)33-4-2)20-8-5-6-9-20/h11-12,16-17,20,22,25H,3-10,13-15H2,1-2H3/t22-,25?/m0/s1. The topological polar surface area (TPSA) is 75.3 Å². The molecule has 1 aromatic heterocycles. The van der Waals surface area contributed by atoms with Crippen molar-refractivity contribution in [1.29, 1.82) is 5.26 Å². The molecule has 2 atom stereocenters. The molecule has 2 aromatic rings. The Labute approximate surface area is 196 Å². The third-order valence-electron chi connectivity index (χ3n) is 7.51. The summed E-state index contributed by atoms with van der Waals surface area (Å²) in [5.41, 5.74) is 3.00. The molecule has 0 radical (unpaired) electrons. The third kappa shape index (κ3) is 4.78. The van der Waals surface area contributed by atoms with Crippen molar-refractivity contribution >= 4 is 22.8 Å². The minimum Gasteiger partial charge on any atom is -0.465 e. The van der Waals surface area contributed by atoms with Crippen molar-refractivity contribution in [3.8, 4) is 6.07 Å². The van der Waals surface area contributed by atoms with Crippen LogP contribution in [0.2, 0.25) is 0 Å². The van der Waals surface area contributed by atoms with Gasteiger partial charge in [-0.2, -0.15) is 5.26 Å². The minimum absolute atomic E-state index is 0.0162. The average Bonchev–Trinajstić information content (AvgIpc) is 3.57. The maximum Gasteiger partial charge on any atom is 0.318 e. The van der Waals surface area contributed by atoms with E-state index < -0.39 is 5.92 Å². The highest BCUT2D eigenvalue weighted by atomic mass is 16.5. The van der Waals surface area contributed by atoms with Gasteiger partial charge in [0.15, 0.2) is 0 Å². The number of nitrogens with zero attached hydrogens (tertiary/aromatic N) is 3. The second-order valence-corrected chi connectivity index (χ2v) is 9.41. The monoisotopic (exact) mass is 449 g/mol. The van der Waals surface area contributed by atoms with Gasteiger partial charge in [-0.3, -0.25) is 9.59 Å². The second kappa shape index (κ2) is 10.4. The summed E-state index contributed by atoms with van der Waals surface area (Å²) in [6, 6.07) is 10.4. The van der Waals surface area contributed by atoms with Crippen LogP contribution in [0.1, 0.15) is 70.1 Å². The molecule has 6 nitrogen and oxygen atoms in total. The van der Waals surface area contributed by atoms with Crippen LogP contribution < -0.4 is 0 Å². The predicted octanol–water partition coefficient (Wildman–Crippen LogP) is 4.83. The van der Waals surface area contributed by atoms with Crippen LogP contribution in [-0.2, 0) is 27.3 Å². The fraction of sp³-hybridized carbons (Fsp3) is 0.593. The molecule has 1 amide bonds. The number of amides is 1. The Hall–Kier alpha value is -2.81. The summed E-state index contributed by atoms with van der Waals surface area (Å²) >= 11 is 0. The van der Waals surface area contributed by atoms with Gasteiger partial charge in [0.05, 0.1) is 18.2 Å². The molecule has 2 heterocycles. The van der Waals surface area contributed by atoms with E-state index in [1.165, 1.54) is 5.69 Å². The van der Waals surface area contributed by atoms with Gasteiger partial charge in [0.1, 0.15) is 5.92 Å². The molecule has 1 saturated carbocycles. The van der Waals surface area contributed by atoms with E-state index in [0.29, 0.717) is 12.2 Å². The molecule has 0 bridgehead atoms. The smallest absolute Gasteiger partial charge is 0.318 e. The van der Waals surface area contributed by atoms with E-state index in [-0.39, 0.29) is 23.8 Å². The number of fused-ring (bicyclic) bond motifs is 1. The number of carbonyl (C=O) groups is 2. The van der Waals surface area contributed by atoms with Gasteiger partial charge in [0.2, 0.25) is 5.91 Å². The number of aromatic nitrogens is 1. The number of esters is 1. The number of carbonyl (C=O) groups excluding carboxylic acids is 2. The molecule has 176 valence electrons. The average molecular weight is 450 g/mol. The molecule has 33 heavy (non-hydrogen) atoms. The predicted molar refractivity (Wildman–Crippen MR) is 127 cm³/mol. The molecule has 2 aliphatic rings. The highest BCUT2D eigenvalue weighted by molar-refractivity contribution is 5.98. The molecule has 1 aliphatic heterocycles.